The monoisotopic (exact) mass is 423 g/mol. The number of ether oxygens (including phenoxy) is 1. The molecule has 0 unspecified atom stereocenters. The van der Waals surface area contributed by atoms with E-state index in [1.807, 2.05) is 31.2 Å². The molecule has 1 aliphatic heterocycles. The van der Waals surface area contributed by atoms with Gasteiger partial charge in [-0.15, -0.1) is 0 Å². The Kier molecular flexibility index (Phi) is 6.89. The third-order valence-corrected chi connectivity index (χ3v) is 6.18. The van der Waals surface area contributed by atoms with Crippen molar-refractivity contribution < 1.29 is 9.53 Å². The van der Waals surface area contributed by atoms with Gasteiger partial charge in [0.1, 0.15) is 23.7 Å². The van der Waals surface area contributed by atoms with E-state index in [0.29, 0.717) is 18.4 Å². The number of hydrogen-bond donors (Lipinski definition) is 2. The predicted molar refractivity (Wildman–Crippen MR) is 122 cm³/mol. The van der Waals surface area contributed by atoms with Gasteiger partial charge in [0.2, 0.25) is 5.91 Å². The van der Waals surface area contributed by atoms with Crippen LogP contribution in [0.25, 0.3) is 0 Å². The molecule has 2 atom stereocenters. The highest BCUT2D eigenvalue weighted by atomic mass is 16.5. The average Bonchev–Trinajstić information content (AvgIpc) is 3.62. The van der Waals surface area contributed by atoms with E-state index in [-0.39, 0.29) is 11.9 Å². The normalized spacial score (nSPS) is 19.5. The summed E-state index contributed by atoms with van der Waals surface area (Å²) in [6.45, 7) is 3.96. The summed E-state index contributed by atoms with van der Waals surface area (Å²) >= 11 is 0. The summed E-state index contributed by atoms with van der Waals surface area (Å²) in [5.74, 6) is 3.31. The van der Waals surface area contributed by atoms with Crippen molar-refractivity contribution in [2.45, 2.75) is 57.5 Å². The number of anilines is 2. The van der Waals surface area contributed by atoms with Crippen molar-refractivity contribution in [1.82, 2.24) is 15.3 Å². The average molecular weight is 424 g/mol. The van der Waals surface area contributed by atoms with E-state index in [1.165, 1.54) is 12.8 Å². The zero-order valence-electron chi connectivity index (χ0n) is 18.5. The van der Waals surface area contributed by atoms with Gasteiger partial charge in [0, 0.05) is 31.6 Å². The van der Waals surface area contributed by atoms with E-state index in [0.717, 1.165) is 55.3 Å². The number of carbonyl (C=O) groups is 1. The minimum Gasteiger partial charge on any atom is -0.497 e. The number of piperidine rings is 1. The van der Waals surface area contributed by atoms with Gasteiger partial charge < -0.3 is 20.3 Å². The van der Waals surface area contributed by atoms with Gasteiger partial charge in [-0.1, -0.05) is 12.1 Å². The molecule has 2 N–H and O–H groups in total. The van der Waals surface area contributed by atoms with Gasteiger partial charge in [-0.25, -0.2) is 9.97 Å². The van der Waals surface area contributed by atoms with Crippen molar-refractivity contribution in [3.05, 3.63) is 42.2 Å². The smallest absolute Gasteiger partial charge is 0.220 e. The highest BCUT2D eigenvalue weighted by Crippen LogP contribution is 2.28. The highest BCUT2D eigenvalue weighted by Gasteiger charge is 2.24. The van der Waals surface area contributed by atoms with Crippen LogP contribution in [0.2, 0.25) is 0 Å². The minimum absolute atomic E-state index is 0.0381. The van der Waals surface area contributed by atoms with Gasteiger partial charge in [0.05, 0.1) is 13.2 Å². The Labute approximate surface area is 184 Å². The molecule has 1 saturated heterocycles. The summed E-state index contributed by atoms with van der Waals surface area (Å²) < 4.78 is 5.28. The summed E-state index contributed by atoms with van der Waals surface area (Å²) in [6, 6.07) is 10.4. The molecule has 0 radical (unpaired) electrons. The van der Waals surface area contributed by atoms with Gasteiger partial charge in [-0.2, -0.15) is 0 Å². The maximum absolute atomic E-state index is 12.5. The summed E-state index contributed by atoms with van der Waals surface area (Å²) in [4.78, 5) is 23.7. The van der Waals surface area contributed by atoms with E-state index in [9.17, 15) is 4.79 Å². The Bertz CT molecular complexity index is 886. The SMILES string of the molecule is COc1cccc([C@H](C)NC(=O)CC[C@H]2CCCN(c3cc(NC4CC4)ncn3)C2)c1. The zero-order valence-corrected chi connectivity index (χ0v) is 18.5. The van der Waals surface area contributed by atoms with E-state index in [4.69, 9.17) is 4.74 Å². The molecule has 1 amide bonds. The van der Waals surface area contributed by atoms with Crippen LogP contribution < -0.4 is 20.3 Å². The maximum atomic E-state index is 12.5. The quantitative estimate of drug-likeness (QED) is 0.636. The first kappa shape index (κ1) is 21.4. The largest absolute Gasteiger partial charge is 0.497 e. The third kappa shape index (κ3) is 6.09. The third-order valence-electron chi connectivity index (χ3n) is 6.18. The van der Waals surface area contributed by atoms with Crippen molar-refractivity contribution >= 4 is 17.5 Å². The molecule has 1 aromatic carbocycles. The van der Waals surface area contributed by atoms with E-state index in [2.05, 4.69) is 31.6 Å². The van der Waals surface area contributed by atoms with Crippen molar-refractivity contribution in [1.29, 1.82) is 0 Å². The lowest BCUT2D eigenvalue weighted by Crippen LogP contribution is -2.36. The highest BCUT2D eigenvalue weighted by molar-refractivity contribution is 5.76. The van der Waals surface area contributed by atoms with Crippen LogP contribution in [0.5, 0.6) is 5.75 Å². The van der Waals surface area contributed by atoms with Crippen LogP contribution >= 0.6 is 0 Å². The van der Waals surface area contributed by atoms with Gasteiger partial charge in [-0.3, -0.25) is 4.79 Å². The van der Waals surface area contributed by atoms with Crippen LogP contribution in [0.4, 0.5) is 11.6 Å². The number of methoxy groups -OCH3 is 1. The Morgan fingerprint density at radius 3 is 2.94 bits per heavy atom. The van der Waals surface area contributed by atoms with Crippen LogP contribution in [0.1, 0.15) is 57.1 Å². The summed E-state index contributed by atoms with van der Waals surface area (Å²) in [5.41, 5.74) is 1.05. The molecular weight excluding hydrogens is 390 g/mol. The zero-order chi connectivity index (χ0) is 21.6. The fourth-order valence-electron chi connectivity index (χ4n) is 4.19. The Morgan fingerprint density at radius 1 is 1.26 bits per heavy atom. The lowest BCUT2D eigenvalue weighted by Gasteiger charge is -2.33. The number of aromatic nitrogens is 2. The number of nitrogens with zero attached hydrogens (tertiary/aromatic N) is 3. The minimum atomic E-state index is -0.0381. The first-order valence-electron chi connectivity index (χ1n) is 11.4. The molecular formula is C24H33N5O2. The second-order valence-electron chi connectivity index (χ2n) is 8.74. The molecule has 2 aliphatic rings. The fourth-order valence-corrected chi connectivity index (χ4v) is 4.19. The Balaban J connectivity index is 1.26. The second kappa shape index (κ2) is 9.98. The number of rotatable bonds is 9. The van der Waals surface area contributed by atoms with Crippen LogP contribution in [0.3, 0.4) is 0 Å². The van der Waals surface area contributed by atoms with Crippen LogP contribution in [-0.2, 0) is 4.79 Å². The molecule has 1 aromatic heterocycles. The van der Waals surface area contributed by atoms with E-state index >= 15 is 0 Å². The Morgan fingerprint density at radius 2 is 2.13 bits per heavy atom. The molecule has 1 aliphatic carbocycles. The van der Waals surface area contributed by atoms with Crippen LogP contribution in [0, 0.1) is 5.92 Å². The molecule has 2 fully saturated rings. The standard InChI is InChI=1S/C24H33N5O2/c1-17(19-6-3-7-21(13-19)31-2)27-24(30)11-8-18-5-4-12-29(15-18)23-14-22(25-16-26-23)28-20-9-10-20/h3,6-7,13-14,16-18,20H,4-5,8-12,15H2,1-2H3,(H,27,30)(H,25,26,28)/t17-,18+/m0/s1. The lowest BCUT2D eigenvalue weighted by molar-refractivity contribution is -0.122. The first-order valence-corrected chi connectivity index (χ1v) is 11.4. The van der Waals surface area contributed by atoms with Crippen LogP contribution in [0.15, 0.2) is 36.7 Å². The molecule has 7 nitrogen and oxygen atoms in total. The van der Waals surface area contributed by atoms with Gasteiger partial charge in [-0.05, 0) is 62.6 Å². The molecule has 4 rings (SSSR count). The number of amides is 1. The van der Waals surface area contributed by atoms with Crippen LogP contribution in [-0.4, -0.2) is 42.1 Å². The van der Waals surface area contributed by atoms with E-state index < -0.39 is 0 Å². The molecule has 166 valence electrons. The van der Waals surface area contributed by atoms with Gasteiger partial charge in [0.15, 0.2) is 0 Å². The molecule has 7 heteroatoms. The summed E-state index contributed by atoms with van der Waals surface area (Å²) in [7, 11) is 1.65. The van der Waals surface area contributed by atoms with E-state index in [1.54, 1.807) is 13.4 Å². The fraction of sp³-hybridized carbons (Fsp3) is 0.542. The summed E-state index contributed by atoms with van der Waals surface area (Å²) in [5, 5.41) is 6.57. The molecule has 0 bridgehead atoms. The molecule has 2 aromatic rings. The molecule has 2 heterocycles. The van der Waals surface area contributed by atoms with Crippen molar-refractivity contribution in [3.8, 4) is 5.75 Å². The lowest BCUT2D eigenvalue weighted by atomic mass is 9.93. The second-order valence-corrected chi connectivity index (χ2v) is 8.74. The number of benzene rings is 1. The predicted octanol–water partition coefficient (Wildman–Crippen LogP) is 3.93. The van der Waals surface area contributed by atoms with Crippen molar-refractivity contribution in [3.63, 3.8) is 0 Å². The number of nitrogens with one attached hydrogen (secondary N) is 2. The van der Waals surface area contributed by atoms with Gasteiger partial charge >= 0.3 is 0 Å². The van der Waals surface area contributed by atoms with Crippen molar-refractivity contribution in [2.24, 2.45) is 5.92 Å². The maximum Gasteiger partial charge on any atom is 0.220 e. The molecule has 1 saturated carbocycles. The van der Waals surface area contributed by atoms with Gasteiger partial charge in [0.25, 0.3) is 0 Å². The number of hydrogen-bond acceptors (Lipinski definition) is 6. The molecule has 0 spiro atoms. The Hall–Kier alpha value is -2.83. The first-order chi connectivity index (χ1) is 15.1. The molecule has 31 heavy (non-hydrogen) atoms. The number of carbonyl (C=O) groups excluding carboxylic acids is 1. The topological polar surface area (TPSA) is 79.4 Å². The van der Waals surface area contributed by atoms with Crippen molar-refractivity contribution in [2.75, 3.05) is 30.4 Å². The summed E-state index contributed by atoms with van der Waals surface area (Å²) in [6.07, 6.45) is 7.83.